The van der Waals surface area contributed by atoms with Gasteiger partial charge in [-0.05, 0) is 61.0 Å². The summed E-state index contributed by atoms with van der Waals surface area (Å²) in [5, 5.41) is 10.2. The van der Waals surface area contributed by atoms with Crippen molar-refractivity contribution in [2.24, 2.45) is 0 Å². The van der Waals surface area contributed by atoms with Crippen LogP contribution in [0.3, 0.4) is 0 Å². The van der Waals surface area contributed by atoms with Crippen molar-refractivity contribution in [3.05, 3.63) is 87.6 Å². The molecule has 0 amide bonds. The zero-order valence-corrected chi connectivity index (χ0v) is 22.4. The standard InChI is InChI=1S/C26H21ClFN3O4S2/c1-16-10-19(28)5-8-22(16)35-23-9-7-21(11-18(23)13-29)37(32)31(26-30-14-25(27)36-26)15-17-4-6-20(33-2)12-24(17)34-3/h4-12,14H,15H2,1-3H3. The number of halogens is 2. The van der Waals surface area contributed by atoms with E-state index in [0.29, 0.717) is 37.2 Å². The third-order valence-corrected chi connectivity index (χ3v) is 7.93. The summed E-state index contributed by atoms with van der Waals surface area (Å²) in [5.41, 5.74) is 1.50. The highest BCUT2D eigenvalue weighted by molar-refractivity contribution is 7.86. The Bertz CT molecular complexity index is 1510. The lowest BCUT2D eigenvalue weighted by molar-refractivity contribution is 0.391. The highest BCUT2D eigenvalue weighted by Crippen LogP contribution is 2.35. The smallest absolute Gasteiger partial charge is 0.199 e. The van der Waals surface area contributed by atoms with Crippen molar-refractivity contribution in [3.63, 3.8) is 0 Å². The van der Waals surface area contributed by atoms with Gasteiger partial charge >= 0.3 is 0 Å². The van der Waals surface area contributed by atoms with Crippen molar-refractivity contribution in [3.8, 4) is 29.1 Å². The van der Waals surface area contributed by atoms with Gasteiger partial charge in [-0.2, -0.15) is 5.26 Å². The number of anilines is 1. The molecular weight excluding hydrogens is 537 g/mol. The number of aryl methyl sites for hydroxylation is 1. The first kappa shape index (κ1) is 26.4. The average Bonchev–Trinajstić information content (AvgIpc) is 3.34. The number of rotatable bonds is 9. The molecule has 0 radical (unpaired) electrons. The first-order valence-corrected chi connectivity index (χ1v) is 13.1. The molecule has 1 atom stereocenters. The maximum atomic E-state index is 13.8. The predicted molar refractivity (Wildman–Crippen MR) is 142 cm³/mol. The van der Waals surface area contributed by atoms with Crippen molar-refractivity contribution in [1.82, 2.24) is 4.98 Å². The molecule has 1 unspecified atom stereocenters. The summed E-state index contributed by atoms with van der Waals surface area (Å²) >= 11 is 7.31. The van der Waals surface area contributed by atoms with Gasteiger partial charge in [0.2, 0.25) is 0 Å². The highest BCUT2D eigenvalue weighted by Gasteiger charge is 2.23. The van der Waals surface area contributed by atoms with Gasteiger partial charge in [-0.1, -0.05) is 22.9 Å². The van der Waals surface area contributed by atoms with E-state index in [-0.39, 0.29) is 23.7 Å². The molecular formula is C26H21ClFN3O4S2. The fraction of sp³-hybridized carbons (Fsp3) is 0.154. The van der Waals surface area contributed by atoms with Gasteiger partial charge in [0.05, 0.1) is 37.4 Å². The normalized spacial score (nSPS) is 11.5. The topological polar surface area (TPSA) is 84.7 Å². The molecule has 0 N–H and O–H groups in total. The number of ether oxygens (including phenoxy) is 3. The number of nitriles is 1. The molecule has 190 valence electrons. The van der Waals surface area contributed by atoms with Crippen LogP contribution in [0.4, 0.5) is 9.52 Å². The Hall–Kier alpha value is -3.65. The fourth-order valence-electron chi connectivity index (χ4n) is 3.46. The Morgan fingerprint density at radius 2 is 1.86 bits per heavy atom. The molecule has 0 spiro atoms. The van der Waals surface area contributed by atoms with Crippen LogP contribution in [0, 0.1) is 24.1 Å². The van der Waals surface area contributed by atoms with E-state index in [1.165, 1.54) is 41.8 Å². The van der Waals surface area contributed by atoms with Crippen molar-refractivity contribution < 1.29 is 22.8 Å². The molecule has 0 fully saturated rings. The number of nitrogens with zero attached hydrogens (tertiary/aromatic N) is 3. The highest BCUT2D eigenvalue weighted by atomic mass is 35.5. The van der Waals surface area contributed by atoms with E-state index >= 15 is 0 Å². The third kappa shape index (κ3) is 6.02. The minimum absolute atomic E-state index is 0.175. The maximum absolute atomic E-state index is 13.8. The number of hydrogen-bond donors (Lipinski definition) is 0. The first-order chi connectivity index (χ1) is 17.8. The van der Waals surface area contributed by atoms with Crippen LogP contribution in [0.15, 0.2) is 65.7 Å². The molecule has 0 aliphatic carbocycles. The summed E-state index contributed by atoms with van der Waals surface area (Å²) in [6.45, 7) is 1.89. The van der Waals surface area contributed by atoms with Crippen LogP contribution in [-0.2, 0) is 17.5 Å². The van der Waals surface area contributed by atoms with Crippen LogP contribution in [0.25, 0.3) is 0 Å². The zero-order valence-electron chi connectivity index (χ0n) is 20.0. The Morgan fingerprint density at radius 3 is 2.51 bits per heavy atom. The van der Waals surface area contributed by atoms with E-state index in [4.69, 9.17) is 25.8 Å². The average molecular weight is 558 g/mol. The summed E-state index contributed by atoms with van der Waals surface area (Å²) in [6.07, 6.45) is 1.49. The predicted octanol–water partition coefficient (Wildman–Crippen LogP) is 6.65. The lowest BCUT2D eigenvalue weighted by Crippen LogP contribution is -2.25. The molecule has 0 saturated carbocycles. The molecule has 4 rings (SSSR count). The molecule has 11 heteroatoms. The summed E-state index contributed by atoms with van der Waals surface area (Å²) < 4.78 is 45.9. The van der Waals surface area contributed by atoms with E-state index in [2.05, 4.69) is 11.1 Å². The van der Waals surface area contributed by atoms with Gasteiger partial charge in [0, 0.05) is 11.6 Å². The van der Waals surface area contributed by atoms with Gasteiger partial charge in [0.1, 0.15) is 39.2 Å². The number of hydrogen-bond acceptors (Lipinski definition) is 7. The van der Waals surface area contributed by atoms with Crippen molar-refractivity contribution >= 4 is 39.1 Å². The van der Waals surface area contributed by atoms with Gasteiger partial charge < -0.3 is 14.2 Å². The number of methoxy groups -OCH3 is 2. The number of aromatic nitrogens is 1. The largest absolute Gasteiger partial charge is 0.497 e. The van der Waals surface area contributed by atoms with Gasteiger partial charge in [0.15, 0.2) is 16.1 Å². The third-order valence-electron chi connectivity index (χ3n) is 5.32. The number of benzene rings is 3. The molecule has 0 bridgehead atoms. The van der Waals surface area contributed by atoms with E-state index in [9.17, 15) is 13.9 Å². The number of thiazole rings is 1. The summed E-state index contributed by atoms with van der Waals surface area (Å²) in [4.78, 5) is 4.67. The summed E-state index contributed by atoms with van der Waals surface area (Å²) in [5.74, 6) is 1.47. The lowest BCUT2D eigenvalue weighted by atomic mass is 10.2. The quantitative estimate of drug-likeness (QED) is 0.229. The lowest BCUT2D eigenvalue weighted by Gasteiger charge is -2.22. The molecule has 4 aromatic rings. The zero-order chi connectivity index (χ0) is 26.5. The van der Waals surface area contributed by atoms with E-state index < -0.39 is 11.0 Å². The van der Waals surface area contributed by atoms with Crippen LogP contribution in [0.2, 0.25) is 4.34 Å². The molecule has 0 saturated heterocycles. The van der Waals surface area contributed by atoms with Gasteiger partial charge in [-0.15, -0.1) is 0 Å². The molecule has 0 aliphatic rings. The second kappa shape index (κ2) is 11.6. The molecule has 0 aliphatic heterocycles. The minimum atomic E-state index is -1.77. The summed E-state index contributed by atoms with van der Waals surface area (Å²) in [6, 6.07) is 16.2. The second-order valence-electron chi connectivity index (χ2n) is 7.69. The van der Waals surface area contributed by atoms with Crippen molar-refractivity contribution in [1.29, 1.82) is 5.26 Å². The molecule has 37 heavy (non-hydrogen) atoms. The van der Waals surface area contributed by atoms with E-state index in [1.807, 2.05) is 6.07 Å². The molecule has 1 aromatic heterocycles. The van der Waals surface area contributed by atoms with Gasteiger partial charge in [-0.25, -0.2) is 13.6 Å². The minimum Gasteiger partial charge on any atom is -0.497 e. The summed E-state index contributed by atoms with van der Waals surface area (Å²) in [7, 11) is 1.33. The van der Waals surface area contributed by atoms with Gasteiger partial charge in [-0.3, -0.25) is 4.31 Å². The van der Waals surface area contributed by atoms with Crippen LogP contribution in [0.5, 0.6) is 23.0 Å². The monoisotopic (exact) mass is 557 g/mol. The van der Waals surface area contributed by atoms with Crippen molar-refractivity contribution in [2.45, 2.75) is 18.4 Å². The SMILES string of the molecule is COc1ccc(CN(c2ncc(Cl)s2)S(=O)c2ccc(Oc3ccc(F)cc3C)c(C#N)c2)c(OC)c1. The first-order valence-electron chi connectivity index (χ1n) is 10.8. The Kier molecular flexibility index (Phi) is 8.28. The Morgan fingerprint density at radius 1 is 1.08 bits per heavy atom. The second-order valence-corrected chi connectivity index (χ2v) is 10.7. The van der Waals surface area contributed by atoms with E-state index in [0.717, 1.165) is 5.56 Å². The maximum Gasteiger partial charge on any atom is 0.199 e. The van der Waals surface area contributed by atoms with E-state index in [1.54, 1.807) is 49.7 Å². The molecule has 1 heterocycles. The van der Waals surface area contributed by atoms with Gasteiger partial charge in [0.25, 0.3) is 0 Å². The fourth-order valence-corrected chi connectivity index (χ4v) is 5.69. The van der Waals surface area contributed by atoms with Crippen molar-refractivity contribution in [2.75, 3.05) is 18.5 Å². The molecule has 7 nitrogen and oxygen atoms in total. The van der Waals surface area contributed by atoms with Crippen LogP contribution >= 0.6 is 22.9 Å². The van der Waals surface area contributed by atoms with Crippen LogP contribution in [-0.4, -0.2) is 23.4 Å². The molecule has 3 aromatic carbocycles. The van der Waals surface area contributed by atoms with Crippen LogP contribution in [0.1, 0.15) is 16.7 Å². The van der Waals surface area contributed by atoms with Crippen LogP contribution < -0.4 is 18.5 Å². The Labute approximate surface area is 225 Å². The Balaban J connectivity index is 1.68.